The SMILES string of the molecule is Cc1ccccc1C(C)S(=O)[O-]. The first-order valence-electron chi connectivity index (χ1n) is 3.76. The first kappa shape index (κ1) is 9.42. The summed E-state index contributed by atoms with van der Waals surface area (Å²) < 4.78 is 21.3. The second-order valence-corrected chi connectivity index (χ2v) is 3.99. The van der Waals surface area contributed by atoms with E-state index in [1.165, 1.54) is 0 Å². The van der Waals surface area contributed by atoms with Crippen molar-refractivity contribution in [2.24, 2.45) is 0 Å². The lowest BCUT2D eigenvalue weighted by atomic mass is 10.1. The highest BCUT2D eigenvalue weighted by Crippen LogP contribution is 2.20. The molecule has 1 rings (SSSR count). The van der Waals surface area contributed by atoms with E-state index < -0.39 is 16.3 Å². The summed E-state index contributed by atoms with van der Waals surface area (Å²) in [4.78, 5) is 0. The minimum absolute atomic E-state index is 0.411. The average molecular weight is 183 g/mol. The van der Waals surface area contributed by atoms with Crippen molar-refractivity contribution in [3.63, 3.8) is 0 Å². The fourth-order valence-electron chi connectivity index (χ4n) is 1.15. The van der Waals surface area contributed by atoms with Gasteiger partial charge in [0.1, 0.15) is 0 Å². The summed E-state index contributed by atoms with van der Waals surface area (Å²) in [6.07, 6.45) is 0. The summed E-state index contributed by atoms with van der Waals surface area (Å²) in [5, 5.41) is -0.411. The fraction of sp³-hybridized carbons (Fsp3) is 0.333. The Balaban J connectivity index is 3.02. The highest BCUT2D eigenvalue weighted by molar-refractivity contribution is 7.79. The molecule has 66 valence electrons. The molecule has 0 aromatic heterocycles. The lowest BCUT2D eigenvalue weighted by Gasteiger charge is -2.16. The van der Waals surface area contributed by atoms with Gasteiger partial charge < -0.3 is 4.55 Å². The van der Waals surface area contributed by atoms with E-state index in [2.05, 4.69) is 0 Å². The van der Waals surface area contributed by atoms with E-state index >= 15 is 0 Å². The molecule has 12 heavy (non-hydrogen) atoms. The monoisotopic (exact) mass is 183 g/mol. The van der Waals surface area contributed by atoms with Crippen molar-refractivity contribution in [3.05, 3.63) is 35.4 Å². The van der Waals surface area contributed by atoms with E-state index in [-0.39, 0.29) is 0 Å². The predicted octanol–water partition coefficient (Wildman–Crippen LogP) is 1.94. The second kappa shape index (κ2) is 3.83. The van der Waals surface area contributed by atoms with Gasteiger partial charge in [0.05, 0.1) is 0 Å². The fourth-order valence-corrected chi connectivity index (χ4v) is 1.62. The first-order valence-corrected chi connectivity index (χ1v) is 4.90. The smallest absolute Gasteiger partial charge is 0.0439 e. The molecule has 0 bridgehead atoms. The van der Waals surface area contributed by atoms with E-state index in [0.29, 0.717) is 0 Å². The highest BCUT2D eigenvalue weighted by Gasteiger charge is 2.06. The van der Waals surface area contributed by atoms with Crippen LogP contribution >= 0.6 is 0 Å². The Labute approximate surface area is 74.9 Å². The first-order chi connectivity index (χ1) is 5.63. The van der Waals surface area contributed by atoms with Gasteiger partial charge in [-0.1, -0.05) is 24.3 Å². The van der Waals surface area contributed by atoms with E-state index in [9.17, 15) is 8.76 Å². The van der Waals surface area contributed by atoms with Gasteiger partial charge in [-0.05, 0) is 36.1 Å². The molecular weight excluding hydrogens is 172 g/mol. The molecule has 0 spiro atoms. The summed E-state index contributed by atoms with van der Waals surface area (Å²) in [6.45, 7) is 3.60. The zero-order valence-electron chi connectivity index (χ0n) is 7.11. The lowest BCUT2D eigenvalue weighted by molar-refractivity contribution is 0.527. The molecule has 0 aliphatic carbocycles. The number of hydrogen-bond donors (Lipinski definition) is 0. The Morgan fingerprint density at radius 3 is 2.50 bits per heavy atom. The van der Waals surface area contributed by atoms with Crippen LogP contribution in [-0.4, -0.2) is 8.76 Å². The highest BCUT2D eigenvalue weighted by atomic mass is 32.2. The predicted molar refractivity (Wildman–Crippen MR) is 48.5 cm³/mol. The molecule has 0 fully saturated rings. The molecule has 0 radical (unpaired) electrons. The molecule has 0 aliphatic rings. The molecule has 2 unspecified atom stereocenters. The average Bonchev–Trinajstić information content (AvgIpc) is 2.04. The molecule has 0 heterocycles. The van der Waals surface area contributed by atoms with Crippen molar-refractivity contribution in [3.8, 4) is 0 Å². The lowest BCUT2D eigenvalue weighted by Crippen LogP contribution is -2.02. The van der Waals surface area contributed by atoms with Crippen LogP contribution in [0, 0.1) is 6.92 Å². The zero-order chi connectivity index (χ0) is 9.14. The zero-order valence-corrected chi connectivity index (χ0v) is 7.93. The van der Waals surface area contributed by atoms with Crippen LogP contribution in [0.2, 0.25) is 0 Å². The van der Waals surface area contributed by atoms with Gasteiger partial charge in [-0.2, -0.15) is 0 Å². The van der Waals surface area contributed by atoms with E-state index in [0.717, 1.165) is 11.1 Å². The van der Waals surface area contributed by atoms with Crippen molar-refractivity contribution in [1.82, 2.24) is 0 Å². The van der Waals surface area contributed by atoms with Crippen molar-refractivity contribution >= 4 is 11.1 Å². The van der Waals surface area contributed by atoms with Gasteiger partial charge in [0.25, 0.3) is 0 Å². The van der Waals surface area contributed by atoms with Crippen LogP contribution in [0.3, 0.4) is 0 Å². The van der Waals surface area contributed by atoms with Gasteiger partial charge in [0, 0.05) is 5.25 Å². The van der Waals surface area contributed by atoms with Gasteiger partial charge in [0.15, 0.2) is 0 Å². The minimum Gasteiger partial charge on any atom is -0.772 e. The van der Waals surface area contributed by atoms with E-state index in [1.54, 1.807) is 6.92 Å². The Hall–Kier alpha value is -0.670. The van der Waals surface area contributed by atoms with Crippen LogP contribution < -0.4 is 0 Å². The maximum Gasteiger partial charge on any atom is 0.0439 e. The number of hydrogen-bond acceptors (Lipinski definition) is 2. The van der Waals surface area contributed by atoms with E-state index in [1.807, 2.05) is 31.2 Å². The summed E-state index contributed by atoms with van der Waals surface area (Å²) in [5.41, 5.74) is 1.90. The van der Waals surface area contributed by atoms with Crippen LogP contribution in [-0.2, 0) is 11.1 Å². The molecule has 0 N–H and O–H groups in total. The molecule has 1 aromatic carbocycles. The molecule has 0 amide bonds. The number of aryl methyl sites for hydroxylation is 1. The third-order valence-corrected chi connectivity index (χ3v) is 2.75. The van der Waals surface area contributed by atoms with E-state index in [4.69, 9.17) is 0 Å². The number of rotatable bonds is 2. The van der Waals surface area contributed by atoms with Crippen molar-refractivity contribution in [1.29, 1.82) is 0 Å². The molecule has 1 aromatic rings. The third-order valence-electron chi connectivity index (χ3n) is 1.92. The maximum absolute atomic E-state index is 10.7. The van der Waals surface area contributed by atoms with Crippen LogP contribution in [0.4, 0.5) is 0 Å². The van der Waals surface area contributed by atoms with Crippen LogP contribution in [0.25, 0.3) is 0 Å². The van der Waals surface area contributed by atoms with Gasteiger partial charge in [-0.3, -0.25) is 4.21 Å². The molecule has 3 heteroatoms. The van der Waals surface area contributed by atoms with Crippen molar-refractivity contribution < 1.29 is 8.76 Å². The summed E-state index contributed by atoms with van der Waals surface area (Å²) in [6, 6.07) is 7.51. The van der Waals surface area contributed by atoms with Crippen molar-refractivity contribution in [2.75, 3.05) is 0 Å². The Morgan fingerprint density at radius 1 is 1.42 bits per heavy atom. The molecule has 2 nitrogen and oxygen atoms in total. The molecule has 0 saturated carbocycles. The quantitative estimate of drug-likeness (QED) is 0.657. The van der Waals surface area contributed by atoms with Crippen LogP contribution in [0.1, 0.15) is 23.3 Å². The number of benzene rings is 1. The van der Waals surface area contributed by atoms with Gasteiger partial charge in [-0.15, -0.1) is 0 Å². The summed E-state index contributed by atoms with van der Waals surface area (Å²) >= 11 is -2.02. The van der Waals surface area contributed by atoms with Crippen LogP contribution in [0.15, 0.2) is 24.3 Å². The Bertz CT molecular complexity index is 296. The second-order valence-electron chi connectivity index (χ2n) is 2.76. The molecule has 0 saturated heterocycles. The van der Waals surface area contributed by atoms with Crippen LogP contribution in [0.5, 0.6) is 0 Å². The Kier molecular flexibility index (Phi) is 3.00. The Morgan fingerprint density at radius 2 is 2.00 bits per heavy atom. The van der Waals surface area contributed by atoms with Gasteiger partial charge >= 0.3 is 0 Å². The summed E-state index contributed by atoms with van der Waals surface area (Å²) in [7, 11) is 0. The largest absolute Gasteiger partial charge is 0.772 e. The van der Waals surface area contributed by atoms with Gasteiger partial charge in [-0.25, -0.2) is 0 Å². The standard InChI is InChI=1S/C9H12O2S/c1-7-5-3-4-6-9(7)8(2)12(10)11/h3-6,8H,1-2H3,(H,10,11)/p-1. The summed E-state index contributed by atoms with van der Waals surface area (Å²) in [5.74, 6) is 0. The maximum atomic E-state index is 10.7. The molecular formula is C9H11O2S-. The van der Waals surface area contributed by atoms with Crippen molar-refractivity contribution in [2.45, 2.75) is 19.1 Å². The molecule has 2 atom stereocenters. The normalized spacial score (nSPS) is 15.6. The topological polar surface area (TPSA) is 40.1 Å². The third kappa shape index (κ3) is 1.93. The van der Waals surface area contributed by atoms with Gasteiger partial charge in [0.2, 0.25) is 0 Å². The minimum atomic E-state index is -2.02. The molecule has 0 aliphatic heterocycles.